The predicted molar refractivity (Wildman–Crippen MR) is 106 cm³/mol. The first-order chi connectivity index (χ1) is 14.4. The Kier molecular flexibility index (Phi) is 6.42. The second-order valence-electron chi connectivity index (χ2n) is 6.23. The minimum absolute atomic E-state index is 0.0361. The molecule has 1 amide bonds. The minimum atomic E-state index is -1.82. The maximum absolute atomic E-state index is 12.7. The second-order valence-corrected chi connectivity index (χ2v) is 7.29. The van der Waals surface area contributed by atoms with E-state index < -0.39 is 11.9 Å². The van der Waals surface area contributed by atoms with E-state index in [0.29, 0.717) is 18.8 Å². The summed E-state index contributed by atoms with van der Waals surface area (Å²) in [6, 6.07) is 3.85. The number of aliphatic carboxylic acids is 2. The van der Waals surface area contributed by atoms with Crippen LogP contribution in [-0.2, 0) is 22.6 Å². The number of carboxylic acids is 2. The van der Waals surface area contributed by atoms with E-state index in [1.54, 1.807) is 18.7 Å². The van der Waals surface area contributed by atoms with Crippen molar-refractivity contribution in [2.24, 2.45) is 0 Å². The topological polar surface area (TPSA) is 146 Å². The SMILES string of the molecule is Cc1nc(C(=O)N2CCc3ncnc(-c4cccnc4)c3C2)cs1.O=C(O)C(=O)O. The third-order valence-electron chi connectivity index (χ3n) is 4.25. The van der Waals surface area contributed by atoms with Gasteiger partial charge < -0.3 is 15.1 Å². The highest BCUT2D eigenvalue weighted by molar-refractivity contribution is 7.09. The van der Waals surface area contributed by atoms with Crippen molar-refractivity contribution in [2.75, 3.05) is 6.54 Å². The zero-order chi connectivity index (χ0) is 21.7. The molecule has 4 heterocycles. The molecule has 0 spiro atoms. The average Bonchev–Trinajstić information content (AvgIpc) is 3.19. The minimum Gasteiger partial charge on any atom is -0.473 e. The molecule has 0 saturated carbocycles. The first-order valence-electron chi connectivity index (χ1n) is 8.77. The van der Waals surface area contributed by atoms with E-state index in [1.165, 1.54) is 11.3 Å². The molecule has 1 aliphatic rings. The Bertz CT molecular complexity index is 1070. The van der Waals surface area contributed by atoms with Crippen molar-refractivity contribution < 1.29 is 24.6 Å². The largest absolute Gasteiger partial charge is 0.473 e. The van der Waals surface area contributed by atoms with Crippen LogP contribution in [0, 0.1) is 6.92 Å². The first kappa shape index (κ1) is 21.0. The van der Waals surface area contributed by atoms with Gasteiger partial charge in [0.25, 0.3) is 5.91 Å². The lowest BCUT2D eigenvalue weighted by Gasteiger charge is -2.28. The van der Waals surface area contributed by atoms with Gasteiger partial charge in [-0.1, -0.05) is 0 Å². The summed E-state index contributed by atoms with van der Waals surface area (Å²) < 4.78 is 0. The van der Waals surface area contributed by atoms with Crippen LogP contribution >= 0.6 is 11.3 Å². The Morgan fingerprint density at radius 3 is 2.53 bits per heavy atom. The number of thiazole rings is 1. The molecule has 4 rings (SSSR count). The van der Waals surface area contributed by atoms with Crippen molar-refractivity contribution in [1.82, 2.24) is 24.8 Å². The van der Waals surface area contributed by atoms with Crippen molar-refractivity contribution in [3.63, 3.8) is 0 Å². The fourth-order valence-corrected chi connectivity index (χ4v) is 3.48. The highest BCUT2D eigenvalue weighted by atomic mass is 32.1. The van der Waals surface area contributed by atoms with Crippen molar-refractivity contribution in [1.29, 1.82) is 0 Å². The van der Waals surface area contributed by atoms with Gasteiger partial charge in [0.1, 0.15) is 12.0 Å². The van der Waals surface area contributed by atoms with Gasteiger partial charge in [-0.2, -0.15) is 0 Å². The first-order valence-corrected chi connectivity index (χ1v) is 9.65. The normalized spacial score (nSPS) is 12.4. The van der Waals surface area contributed by atoms with Gasteiger partial charge in [0, 0.05) is 48.4 Å². The van der Waals surface area contributed by atoms with Crippen LogP contribution in [0.25, 0.3) is 11.3 Å². The summed E-state index contributed by atoms with van der Waals surface area (Å²) >= 11 is 1.49. The summed E-state index contributed by atoms with van der Waals surface area (Å²) in [5.74, 6) is -3.68. The van der Waals surface area contributed by atoms with E-state index in [-0.39, 0.29) is 5.91 Å². The van der Waals surface area contributed by atoms with Crippen molar-refractivity contribution >= 4 is 29.2 Å². The fraction of sp³-hybridized carbons (Fsp3) is 0.211. The maximum Gasteiger partial charge on any atom is 0.414 e. The highest BCUT2D eigenvalue weighted by Crippen LogP contribution is 2.27. The predicted octanol–water partition coefficient (Wildman–Crippen LogP) is 1.66. The molecule has 2 N–H and O–H groups in total. The Hall–Kier alpha value is -3.73. The number of carboxylic acid groups (broad SMARTS) is 2. The Labute approximate surface area is 174 Å². The van der Waals surface area contributed by atoms with Gasteiger partial charge in [-0.25, -0.2) is 24.5 Å². The molecule has 3 aromatic rings. The summed E-state index contributed by atoms with van der Waals surface area (Å²) in [4.78, 5) is 50.0. The van der Waals surface area contributed by atoms with E-state index in [1.807, 2.05) is 29.3 Å². The number of carbonyl (C=O) groups excluding carboxylic acids is 1. The molecule has 30 heavy (non-hydrogen) atoms. The number of rotatable bonds is 2. The molecule has 11 heteroatoms. The van der Waals surface area contributed by atoms with Crippen LogP contribution in [0.4, 0.5) is 0 Å². The smallest absolute Gasteiger partial charge is 0.414 e. The lowest BCUT2D eigenvalue weighted by molar-refractivity contribution is -0.159. The molecule has 0 saturated heterocycles. The molecule has 1 aliphatic heterocycles. The number of amides is 1. The van der Waals surface area contributed by atoms with Crippen LogP contribution in [0.3, 0.4) is 0 Å². The van der Waals surface area contributed by atoms with Crippen molar-refractivity contribution in [3.05, 3.63) is 58.2 Å². The molecule has 0 fully saturated rings. The van der Waals surface area contributed by atoms with Gasteiger partial charge in [-0.3, -0.25) is 9.78 Å². The molecule has 0 aromatic carbocycles. The monoisotopic (exact) mass is 427 g/mol. The standard InChI is InChI=1S/C17H15N5OS.C2H2O4/c1-11-21-15(9-24-11)17(23)22-6-4-14-13(8-22)16(20-10-19-14)12-3-2-5-18-7-12;3-1(4)2(5)6/h2-3,5,7,9-10H,4,6,8H2,1H3;(H,3,4)(H,5,6). The zero-order valence-corrected chi connectivity index (χ0v) is 16.7. The quantitative estimate of drug-likeness (QED) is 0.583. The summed E-state index contributed by atoms with van der Waals surface area (Å²) in [5, 5.41) is 17.5. The molecule has 154 valence electrons. The molecule has 10 nitrogen and oxygen atoms in total. The van der Waals surface area contributed by atoms with Gasteiger partial charge in [0.2, 0.25) is 0 Å². The number of fused-ring (bicyclic) bond motifs is 1. The van der Waals surface area contributed by atoms with Crippen LogP contribution in [0.2, 0.25) is 0 Å². The zero-order valence-electron chi connectivity index (χ0n) is 15.8. The van der Waals surface area contributed by atoms with Gasteiger partial charge in [0.05, 0.1) is 16.4 Å². The van der Waals surface area contributed by atoms with E-state index in [4.69, 9.17) is 19.8 Å². The van der Waals surface area contributed by atoms with Crippen LogP contribution < -0.4 is 0 Å². The molecule has 3 aromatic heterocycles. The third kappa shape index (κ3) is 4.81. The van der Waals surface area contributed by atoms with E-state index in [2.05, 4.69) is 19.9 Å². The number of nitrogens with zero attached hydrogens (tertiary/aromatic N) is 5. The van der Waals surface area contributed by atoms with Crippen molar-refractivity contribution in [2.45, 2.75) is 19.9 Å². The van der Waals surface area contributed by atoms with Gasteiger partial charge in [-0.05, 0) is 19.1 Å². The van der Waals surface area contributed by atoms with Gasteiger partial charge in [0.15, 0.2) is 0 Å². The molecule has 0 unspecified atom stereocenters. The number of carbonyl (C=O) groups is 3. The molecule has 0 atom stereocenters. The third-order valence-corrected chi connectivity index (χ3v) is 5.02. The summed E-state index contributed by atoms with van der Waals surface area (Å²) in [5.41, 5.74) is 4.30. The highest BCUT2D eigenvalue weighted by Gasteiger charge is 2.26. The molecule has 0 radical (unpaired) electrons. The van der Waals surface area contributed by atoms with Gasteiger partial charge in [-0.15, -0.1) is 11.3 Å². The second kappa shape index (κ2) is 9.18. The molecular formula is C19H17N5O5S. The summed E-state index contributed by atoms with van der Waals surface area (Å²) in [7, 11) is 0. The molecule has 0 bridgehead atoms. The van der Waals surface area contributed by atoms with E-state index in [0.717, 1.165) is 33.9 Å². The average molecular weight is 427 g/mol. The van der Waals surface area contributed by atoms with Gasteiger partial charge >= 0.3 is 11.9 Å². The molecule has 0 aliphatic carbocycles. The molecular weight excluding hydrogens is 410 g/mol. The van der Waals surface area contributed by atoms with E-state index >= 15 is 0 Å². The Balaban J connectivity index is 0.000000377. The summed E-state index contributed by atoms with van der Waals surface area (Å²) in [6.45, 7) is 3.04. The Morgan fingerprint density at radius 2 is 1.93 bits per heavy atom. The number of aryl methyl sites for hydroxylation is 1. The fourth-order valence-electron chi connectivity index (χ4n) is 2.89. The van der Waals surface area contributed by atoms with Crippen LogP contribution in [0.5, 0.6) is 0 Å². The number of hydrogen-bond acceptors (Lipinski definition) is 8. The van der Waals surface area contributed by atoms with Crippen LogP contribution in [0.15, 0.2) is 36.2 Å². The lowest BCUT2D eigenvalue weighted by Crippen LogP contribution is -2.37. The van der Waals surface area contributed by atoms with Crippen molar-refractivity contribution in [3.8, 4) is 11.3 Å². The Morgan fingerprint density at radius 1 is 1.17 bits per heavy atom. The lowest BCUT2D eigenvalue weighted by atomic mass is 10.00. The number of aromatic nitrogens is 4. The summed E-state index contributed by atoms with van der Waals surface area (Å²) in [6.07, 6.45) is 5.83. The van der Waals surface area contributed by atoms with E-state index in [9.17, 15) is 4.79 Å². The number of pyridine rings is 1. The number of hydrogen-bond donors (Lipinski definition) is 2. The maximum atomic E-state index is 12.7. The van der Waals surface area contributed by atoms with Crippen LogP contribution in [-0.4, -0.2) is 59.4 Å². The van der Waals surface area contributed by atoms with Crippen LogP contribution in [0.1, 0.15) is 26.8 Å².